The van der Waals surface area contributed by atoms with Gasteiger partial charge in [0.2, 0.25) is 0 Å². The number of rotatable bonds is 6. The third kappa shape index (κ3) is 4.73. The van der Waals surface area contributed by atoms with Crippen molar-refractivity contribution in [3.63, 3.8) is 0 Å². The monoisotopic (exact) mass is 399 g/mol. The highest BCUT2D eigenvalue weighted by Gasteiger charge is 2.16. The first kappa shape index (κ1) is 17.3. The van der Waals surface area contributed by atoms with Gasteiger partial charge in [0.05, 0.1) is 0 Å². The normalized spacial score (nSPS) is 10.5. The summed E-state index contributed by atoms with van der Waals surface area (Å²) in [7, 11) is 1.76. The zero-order valence-corrected chi connectivity index (χ0v) is 15.4. The minimum absolute atomic E-state index is 0.155. The van der Waals surface area contributed by atoms with E-state index in [2.05, 4.69) is 15.9 Å². The van der Waals surface area contributed by atoms with Crippen molar-refractivity contribution >= 4 is 21.8 Å². The summed E-state index contributed by atoms with van der Waals surface area (Å²) >= 11 is 3.40. The molecule has 0 saturated carbocycles. The molecule has 5 heteroatoms. The van der Waals surface area contributed by atoms with Gasteiger partial charge >= 0.3 is 0 Å². The quantitative estimate of drug-likeness (QED) is 0.592. The number of amides is 1. The fourth-order valence-corrected chi connectivity index (χ4v) is 2.78. The Labute approximate surface area is 155 Å². The first-order chi connectivity index (χ1) is 12.1. The van der Waals surface area contributed by atoms with Crippen LogP contribution in [0.5, 0.6) is 5.75 Å². The third-order valence-electron chi connectivity index (χ3n) is 3.66. The zero-order chi connectivity index (χ0) is 17.6. The second-order valence-corrected chi connectivity index (χ2v) is 6.57. The summed E-state index contributed by atoms with van der Waals surface area (Å²) < 4.78 is 12.2. The van der Waals surface area contributed by atoms with E-state index >= 15 is 0 Å². The fourth-order valence-electron chi connectivity index (χ4n) is 2.40. The Morgan fingerprint density at radius 2 is 1.88 bits per heavy atom. The standard InChI is InChI=1S/C20H18BrNO3/c1-22(13-15-6-3-2-4-7-15)20(23)19-11-10-18(25-19)14-24-17-9-5-8-16(21)12-17/h2-12H,13-14H2,1H3. The molecular formula is C20H18BrNO3. The largest absolute Gasteiger partial charge is 0.486 e. The van der Waals surface area contributed by atoms with Crippen LogP contribution in [0.2, 0.25) is 0 Å². The van der Waals surface area contributed by atoms with Crippen LogP contribution in [0.15, 0.2) is 75.6 Å². The summed E-state index contributed by atoms with van der Waals surface area (Å²) in [4.78, 5) is 14.1. The predicted molar refractivity (Wildman–Crippen MR) is 99.4 cm³/mol. The van der Waals surface area contributed by atoms with E-state index < -0.39 is 0 Å². The van der Waals surface area contributed by atoms with Gasteiger partial charge in [0.25, 0.3) is 5.91 Å². The highest BCUT2D eigenvalue weighted by atomic mass is 79.9. The fraction of sp³-hybridized carbons (Fsp3) is 0.150. The molecule has 4 nitrogen and oxygen atoms in total. The van der Waals surface area contributed by atoms with Crippen LogP contribution in [0.1, 0.15) is 21.9 Å². The lowest BCUT2D eigenvalue weighted by Crippen LogP contribution is -2.25. The molecule has 2 aromatic carbocycles. The van der Waals surface area contributed by atoms with Crippen molar-refractivity contribution in [3.8, 4) is 5.75 Å². The van der Waals surface area contributed by atoms with Gasteiger partial charge in [-0.25, -0.2) is 0 Å². The smallest absolute Gasteiger partial charge is 0.289 e. The summed E-state index contributed by atoms with van der Waals surface area (Å²) in [5.74, 6) is 1.50. The van der Waals surface area contributed by atoms with Crippen molar-refractivity contribution in [2.45, 2.75) is 13.2 Å². The van der Waals surface area contributed by atoms with Gasteiger partial charge < -0.3 is 14.1 Å². The number of benzene rings is 2. The molecule has 1 amide bonds. The minimum Gasteiger partial charge on any atom is -0.486 e. The number of carbonyl (C=O) groups excluding carboxylic acids is 1. The minimum atomic E-state index is -0.155. The molecule has 0 N–H and O–H groups in total. The van der Waals surface area contributed by atoms with Gasteiger partial charge in [0, 0.05) is 18.1 Å². The average Bonchev–Trinajstić information content (AvgIpc) is 3.09. The van der Waals surface area contributed by atoms with Crippen LogP contribution in [-0.4, -0.2) is 17.9 Å². The molecule has 1 aromatic heterocycles. The number of ether oxygens (including phenoxy) is 1. The summed E-state index contributed by atoms with van der Waals surface area (Å²) in [6.07, 6.45) is 0. The van der Waals surface area contributed by atoms with Gasteiger partial charge in [-0.15, -0.1) is 0 Å². The van der Waals surface area contributed by atoms with Crippen LogP contribution in [-0.2, 0) is 13.2 Å². The van der Waals surface area contributed by atoms with Gasteiger partial charge in [0.15, 0.2) is 5.76 Å². The van der Waals surface area contributed by atoms with Gasteiger partial charge in [-0.3, -0.25) is 4.79 Å². The molecule has 25 heavy (non-hydrogen) atoms. The van der Waals surface area contributed by atoms with Crippen molar-refractivity contribution in [1.82, 2.24) is 4.90 Å². The Kier molecular flexibility index (Phi) is 5.56. The van der Waals surface area contributed by atoms with Crippen LogP contribution in [0.25, 0.3) is 0 Å². The van der Waals surface area contributed by atoms with Crippen molar-refractivity contribution in [2.24, 2.45) is 0 Å². The Balaban J connectivity index is 1.59. The third-order valence-corrected chi connectivity index (χ3v) is 4.15. The molecule has 0 aliphatic heterocycles. The van der Waals surface area contributed by atoms with Crippen molar-refractivity contribution in [3.05, 3.63) is 88.3 Å². The lowest BCUT2D eigenvalue weighted by atomic mass is 10.2. The van der Waals surface area contributed by atoms with E-state index in [1.807, 2.05) is 54.6 Å². The number of hydrogen-bond acceptors (Lipinski definition) is 3. The predicted octanol–water partition coefficient (Wildman–Crippen LogP) is 4.89. The van der Waals surface area contributed by atoms with Crippen molar-refractivity contribution in [1.29, 1.82) is 0 Å². The van der Waals surface area contributed by atoms with E-state index in [1.165, 1.54) is 0 Å². The molecule has 0 radical (unpaired) electrons. The molecule has 0 saturated heterocycles. The lowest BCUT2D eigenvalue weighted by molar-refractivity contribution is 0.0749. The summed E-state index contributed by atoms with van der Waals surface area (Å²) in [6, 6.07) is 20.9. The molecule has 0 atom stereocenters. The van der Waals surface area contributed by atoms with E-state index in [9.17, 15) is 4.79 Å². The first-order valence-electron chi connectivity index (χ1n) is 7.88. The van der Waals surface area contributed by atoms with Gasteiger partial charge in [-0.2, -0.15) is 0 Å². The Morgan fingerprint density at radius 1 is 1.08 bits per heavy atom. The highest BCUT2D eigenvalue weighted by Crippen LogP contribution is 2.20. The van der Waals surface area contributed by atoms with Crippen LogP contribution < -0.4 is 4.74 Å². The summed E-state index contributed by atoms with van der Waals surface area (Å²) in [5, 5.41) is 0. The Bertz CT molecular complexity index is 845. The summed E-state index contributed by atoms with van der Waals surface area (Å²) in [5.41, 5.74) is 1.07. The maximum atomic E-state index is 12.5. The Morgan fingerprint density at radius 3 is 2.64 bits per heavy atom. The number of halogens is 1. The molecule has 0 spiro atoms. The molecule has 0 aliphatic rings. The second kappa shape index (κ2) is 8.03. The van der Waals surface area contributed by atoms with E-state index in [4.69, 9.17) is 9.15 Å². The van der Waals surface area contributed by atoms with Crippen LogP contribution >= 0.6 is 15.9 Å². The average molecular weight is 400 g/mol. The molecular weight excluding hydrogens is 382 g/mol. The molecule has 128 valence electrons. The number of furan rings is 1. The van der Waals surface area contributed by atoms with Crippen molar-refractivity contribution < 1.29 is 13.9 Å². The number of carbonyl (C=O) groups is 1. The number of nitrogens with zero attached hydrogens (tertiary/aromatic N) is 1. The molecule has 1 heterocycles. The van der Waals surface area contributed by atoms with Gasteiger partial charge in [-0.1, -0.05) is 52.3 Å². The topological polar surface area (TPSA) is 42.7 Å². The molecule has 3 rings (SSSR count). The maximum Gasteiger partial charge on any atom is 0.289 e. The lowest BCUT2D eigenvalue weighted by Gasteiger charge is -2.15. The van der Waals surface area contributed by atoms with E-state index in [-0.39, 0.29) is 12.5 Å². The number of hydrogen-bond donors (Lipinski definition) is 0. The van der Waals surface area contributed by atoms with Crippen LogP contribution in [0.3, 0.4) is 0 Å². The summed E-state index contributed by atoms with van der Waals surface area (Å²) in [6.45, 7) is 0.802. The van der Waals surface area contributed by atoms with Gasteiger partial charge in [-0.05, 0) is 35.9 Å². The molecule has 0 bridgehead atoms. The van der Waals surface area contributed by atoms with E-state index in [1.54, 1.807) is 24.1 Å². The van der Waals surface area contributed by atoms with Crippen molar-refractivity contribution in [2.75, 3.05) is 7.05 Å². The van der Waals surface area contributed by atoms with Crippen LogP contribution in [0.4, 0.5) is 0 Å². The second-order valence-electron chi connectivity index (χ2n) is 5.66. The van der Waals surface area contributed by atoms with Gasteiger partial charge in [0.1, 0.15) is 18.1 Å². The van der Waals surface area contributed by atoms with E-state index in [0.717, 1.165) is 15.8 Å². The SMILES string of the molecule is CN(Cc1ccccc1)C(=O)c1ccc(COc2cccc(Br)c2)o1. The Hall–Kier alpha value is -2.53. The van der Waals surface area contributed by atoms with E-state index in [0.29, 0.717) is 18.1 Å². The zero-order valence-electron chi connectivity index (χ0n) is 13.8. The van der Waals surface area contributed by atoms with Crippen LogP contribution in [0, 0.1) is 0 Å². The maximum absolute atomic E-state index is 12.5. The first-order valence-corrected chi connectivity index (χ1v) is 8.67. The molecule has 0 fully saturated rings. The molecule has 0 unspecified atom stereocenters. The molecule has 0 aliphatic carbocycles. The molecule has 3 aromatic rings. The highest BCUT2D eigenvalue weighted by molar-refractivity contribution is 9.10.